The molecule has 0 radical (unpaired) electrons. The van der Waals surface area contributed by atoms with Gasteiger partial charge in [-0.05, 0) is 26.3 Å². The lowest BCUT2D eigenvalue weighted by Gasteiger charge is -2.34. The number of piperidine rings is 1. The van der Waals surface area contributed by atoms with Gasteiger partial charge in [-0.25, -0.2) is 8.42 Å². The van der Waals surface area contributed by atoms with Crippen molar-refractivity contribution in [2.24, 2.45) is 0 Å². The van der Waals surface area contributed by atoms with Crippen LogP contribution in [-0.2, 0) is 19.6 Å². The van der Waals surface area contributed by atoms with Crippen LogP contribution in [0.15, 0.2) is 0 Å². The predicted octanol–water partition coefficient (Wildman–Crippen LogP) is -0.0484. The van der Waals surface area contributed by atoms with Crippen molar-refractivity contribution in [3.05, 3.63) is 0 Å². The van der Waals surface area contributed by atoms with Gasteiger partial charge in [-0.2, -0.15) is 4.31 Å². The molecule has 0 bridgehead atoms. The maximum atomic E-state index is 12.4. The number of nitrogens with zero attached hydrogens (tertiary/aromatic N) is 1. The minimum absolute atomic E-state index is 0.0687. The molecule has 1 saturated heterocycles. The summed E-state index contributed by atoms with van der Waals surface area (Å²) in [5.41, 5.74) is 0. The van der Waals surface area contributed by atoms with Gasteiger partial charge in [-0.15, -0.1) is 0 Å². The van der Waals surface area contributed by atoms with Crippen molar-refractivity contribution in [3.8, 4) is 0 Å². The molecular formula is C11H22N2O4S. The van der Waals surface area contributed by atoms with E-state index in [0.29, 0.717) is 13.1 Å². The van der Waals surface area contributed by atoms with Crippen molar-refractivity contribution < 1.29 is 17.9 Å². The molecule has 7 heteroatoms. The van der Waals surface area contributed by atoms with Crippen molar-refractivity contribution in [3.63, 3.8) is 0 Å². The smallest absolute Gasteiger partial charge is 0.325 e. The monoisotopic (exact) mass is 278 g/mol. The predicted molar refractivity (Wildman–Crippen MR) is 68.7 cm³/mol. The zero-order chi connectivity index (χ0) is 13.8. The maximum absolute atomic E-state index is 12.4. The van der Waals surface area contributed by atoms with E-state index in [4.69, 9.17) is 0 Å². The summed E-state index contributed by atoms with van der Waals surface area (Å²) in [6, 6.07) is -0.0687. The Morgan fingerprint density at radius 3 is 2.67 bits per heavy atom. The van der Waals surface area contributed by atoms with Crippen molar-refractivity contribution in [1.82, 2.24) is 9.62 Å². The van der Waals surface area contributed by atoms with E-state index < -0.39 is 21.2 Å². The summed E-state index contributed by atoms with van der Waals surface area (Å²) in [4.78, 5) is 11.4. The first kappa shape index (κ1) is 15.4. The quantitative estimate of drug-likeness (QED) is 0.714. The average molecular weight is 278 g/mol. The number of ether oxygens (including phenoxy) is 1. The van der Waals surface area contributed by atoms with Gasteiger partial charge in [0, 0.05) is 19.1 Å². The van der Waals surface area contributed by atoms with Crippen LogP contribution in [0.3, 0.4) is 0 Å². The van der Waals surface area contributed by atoms with E-state index in [-0.39, 0.29) is 6.04 Å². The highest BCUT2D eigenvalue weighted by Gasteiger charge is 2.37. The second-order valence-electron chi connectivity index (χ2n) is 4.41. The summed E-state index contributed by atoms with van der Waals surface area (Å²) in [5, 5.41) is 2.03. The largest absolute Gasteiger partial charge is 0.468 e. The van der Waals surface area contributed by atoms with Gasteiger partial charge in [-0.3, -0.25) is 4.79 Å². The molecule has 0 aromatic carbocycles. The van der Waals surface area contributed by atoms with E-state index in [1.807, 2.05) is 0 Å². The molecule has 0 spiro atoms. The minimum Gasteiger partial charge on any atom is -0.468 e. The number of likely N-dealkylation sites (N-methyl/N-ethyl adjacent to an activating group) is 1. The van der Waals surface area contributed by atoms with Crippen molar-refractivity contribution in [1.29, 1.82) is 0 Å². The molecule has 1 rings (SSSR count). The normalized spacial score (nSPS) is 22.8. The molecule has 1 aliphatic heterocycles. The molecule has 18 heavy (non-hydrogen) atoms. The zero-order valence-electron chi connectivity index (χ0n) is 11.2. The number of carbonyl (C=O) groups excluding carboxylic acids is 1. The Balaban J connectivity index is 2.88. The highest BCUT2D eigenvalue weighted by atomic mass is 32.2. The molecule has 0 amide bonds. The summed E-state index contributed by atoms with van der Waals surface area (Å²) >= 11 is 0. The minimum atomic E-state index is -3.64. The molecule has 1 aliphatic rings. The number of hydrogen-bond donors (Lipinski definition) is 1. The second kappa shape index (κ2) is 6.49. The second-order valence-corrected chi connectivity index (χ2v) is 6.62. The highest BCUT2D eigenvalue weighted by Crippen LogP contribution is 2.18. The Hall–Kier alpha value is -0.660. The molecular weight excluding hydrogens is 256 g/mol. The first-order valence-corrected chi connectivity index (χ1v) is 7.74. The lowest BCUT2D eigenvalue weighted by Crippen LogP contribution is -2.52. The number of nitrogens with one attached hydrogen (secondary N) is 1. The molecule has 1 heterocycles. The fourth-order valence-electron chi connectivity index (χ4n) is 2.22. The number of hydrogen-bond acceptors (Lipinski definition) is 5. The average Bonchev–Trinajstić information content (AvgIpc) is 2.38. The van der Waals surface area contributed by atoms with Gasteiger partial charge >= 0.3 is 5.97 Å². The van der Waals surface area contributed by atoms with Crippen LogP contribution >= 0.6 is 0 Å². The molecule has 0 aromatic rings. The third-order valence-electron chi connectivity index (χ3n) is 3.30. The van der Waals surface area contributed by atoms with Crippen molar-refractivity contribution >= 4 is 16.0 Å². The number of sulfonamides is 1. The van der Waals surface area contributed by atoms with Gasteiger partial charge in [0.15, 0.2) is 5.25 Å². The Morgan fingerprint density at radius 1 is 1.56 bits per heavy atom. The highest BCUT2D eigenvalue weighted by molar-refractivity contribution is 7.90. The number of carbonyl (C=O) groups is 1. The Labute approximate surface area is 109 Å². The van der Waals surface area contributed by atoms with Crippen LogP contribution in [0.4, 0.5) is 0 Å². The first-order chi connectivity index (χ1) is 8.45. The van der Waals surface area contributed by atoms with E-state index in [0.717, 1.165) is 19.4 Å². The van der Waals surface area contributed by atoms with Crippen LogP contribution in [0, 0.1) is 0 Å². The van der Waals surface area contributed by atoms with Gasteiger partial charge in [-0.1, -0.05) is 6.92 Å². The Bertz CT molecular complexity index is 377. The van der Waals surface area contributed by atoms with Gasteiger partial charge in [0.05, 0.1) is 7.11 Å². The molecule has 0 aliphatic carbocycles. The maximum Gasteiger partial charge on any atom is 0.325 e. The number of rotatable bonds is 5. The van der Waals surface area contributed by atoms with Crippen LogP contribution < -0.4 is 5.32 Å². The third kappa shape index (κ3) is 3.21. The van der Waals surface area contributed by atoms with Crippen LogP contribution in [0.2, 0.25) is 0 Å². The third-order valence-corrected chi connectivity index (χ3v) is 5.59. The van der Waals surface area contributed by atoms with E-state index in [1.165, 1.54) is 18.3 Å². The molecule has 0 saturated carbocycles. The SMILES string of the molecule is CCN(C1CCCNC1)S(=O)(=O)C(C)C(=O)OC. The molecule has 106 valence electrons. The summed E-state index contributed by atoms with van der Waals surface area (Å²) in [6.07, 6.45) is 1.78. The van der Waals surface area contributed by atoms with E-state index >= 15 is 0 Å². The summed E-state index contributed by atoms with van der Waals surface area (Å²) < 4.78 is 30.7. The van der Waals surface area contributed by atoms with Crippen LogP contribution in [0.5, 0.6) is 0 Å². The zero-order valence-corrected chi connectivity index (χ0v) is 12.0. The number of methoxy groups -OCH3 is 1. The molecule has 1 N–H and O–H groups in total. The van der Waals surface area contributed by atoms with E-state index in [1.54, 1.807) is 6.92 Å². The molecule has 0 aromatic heterocycles. The molecule has 6 nitrogen and oxygen atoms in total. The summed E-state index contributed by atoms with van der Waals surface area (Å²) in [6.45, 7) is 5.09. The number of esters is 1. The molecule has 2 atom stereocenters. The van der Waals surface area contributed by atoms with Crippen LogP contribution in [-0.4, -0.2) is 56.7 Å². The fourth-order valence-corrected chi connectivity index (χ4v) is 3.92. The van der Waals surface area contributed by atoms with Gasteiger partial charge in [0.2, 0.25) is 10.0 Å². The topological polar surface area (TPSA) is 75.7 Å². The first-order valence-electron chi connectivity index (χ1n) is 6.24. The van der Waals surface area contributed by atoms with Crippen molar-refractivity contribution in [2.75, 3.05) is 26.7 Å². The van der Waals surface area contributed by atoms with E-state index in [9.17, 15) is 13.2 Å². The van der Waals surface area contributed by atoms with Gasteiger partial charge in [0.1, 0.15) is 0 Å². The van der Waals surface area contributed by atoms with E-state index in [2.05, 4.69) is 10.1 Å². The standard InChI is InChI=1S/C11H22N2O4S/c1-4-13(10-6-5-7-12-8-10)18(15,16)9(2)11(14)17-3/h9-10,12H,4-8H2,1-3H3. The summed E-state index contributed by atoms with van der Waals surface area (Å²) in [7, 11) is -2.44. The Morgan fingerprint density at radius 2 is 2.22 bits per heavy atom. The molecule has 2 unspecified atom stereocenters. The lowest BCUT2D eigenvalue weighted by atomic mass is 10.1. The van der Waals surface area contributed by atoms with Crippen LogP contribution in [0.25, 0.3) is 0 Å². The van der Waals surface area contributed by atoms with Crippen LogP contribution in [0.1, 0.15) is 26.7 Å². The molecule has 1 fully saturated rings. The van der Waals surface area contributed by atoms with Gasteiger partial charge < -0.3 is 10.1 Å². The Kier molecular flexibility index (Phi) is 5.55. The fraction of sp³-hybridized carbons (Fsp3) is 0.909. The summed E-state index contributed by atoms with van der Waals surface area (Å²) in [5.74, 6) is -0.711. The van der Waals surface area contributed by atoms with Gasteiger partial charge in [0.25, 0.3) is 0 Å². The lowest BCUT2D eigenvalue weighted by molar-refractivity contribution is -0.139. The van der Waals surface area contributed by atoms with Crippen molar-refractivity contribution in [2.45, 2.75) is 38.0 Å².